The van der Waals surface area contributed by atoms with Crippen molar-refractivity contribution in [2.24, 2.45) is 10.2 Å². The number of ether oxygens (including phenoxy) is 1. The quantitative estimate of drug-likeness (QED) is 0.296. The summed E-state index contributed by atoms with van der Waals surface area (Å²) in [5.74, 6) is -1.29. The van der Waals surface area contributed by atoms with Crippen molar-refractivity contribution in [3.63, 3.8) is 0 Å². The van der Waals surface area contributed by atoms with Crippen LogP contribution >= 0.6 is 11.3 Å². The second-order valence-electron chi connectivity index (χ2n) is 6.49. The Bertz CT molecular complexity index is 1300. The Morgan fingerprint density at radius 3 is 2.45 bits per heavy atom. The molecule has 0 unspecified atom stereocenters. The molecule has 0 bridgehead atoms. The van der Waals surface area contributed by atoms with Crippen molar-refractivity contribution in [2.75, 3.05) is 12.4 Å². The highest BCUT2D eigenvalue weighted by atomic mass is 32.1. The second kappa shape index (κ2) is 8.76. The molecule has 0 aliphatic heterocycles. The zero-order valence-corrected chi connectivity index (χ0v) is 17.2. The van der Waals surface area contributed by atoms with E-state index in [1.54, 1.807) is 53.9 Å². The average Bonchev–Trinajstić information content (AvgIpc) is 3.26. The highest BCUT2D eigenvalue weighted by molar-refractivity contribution is 7.12. The van der Waals surface area contributed by atoms with Crippen LogP contribution in [0.3, 0.4) is 0 Å². The van der Waals surface area contributed by atoms with E-state index in [9.17, 15) is 14.7 Å². The summed E-state index contributed by atoms with van der Waals surface area (Å²) in [5.41, 5.74) is 1.12. The SMILES string of the molecule is COC(=O)c1sccc1/N=N/c1cc2ccccc2c(C(=O)Nc2ccccc2)c1O. The number of hydrogen-bond acceptors (Lipinski definition) is 7. The van der Waals surface area contributed by atoms with Gasteiger partial charge in [0, 0.05) is 5.69 Å². The number of nitrogens with one attached hydrogen (secondary N) is 1. The lowest BCUT2D eigenvalue weighted by molar-refractivity contribution is 0.0607. The number of rotatable bonds is 5. The number of benzene rings is 3. The van der Waals surface area contributed by atoms with Crippen molar-refractivity contribution >= 4 is 51.0 Å². The first kappa shape index (κ1) is 20.2. The number of fused-ring (bicyclic) bond motifs is 1. The van der Waals surface area contributed by atoms with E-state index in [0.29, 0.717) is 27.0 Å². The Kier molecular flexibility index (Phi) is 5.72. The van der Waals surface area contributed by atoms with Crippen molar-refractivity contribution in [2.45, 2.75) is 0 Å². The van der Waals surface area contributed by atoms with Gasteiger partial charge in [-0.2, -0.15) is 0 Å². The molecule has 8 heteroatoms. The molecular weight excluding hydrogens is 414 g/mol. The number of esters is 1. The van der Waals surface area contributed by atoms with E-state index in [4.69, 9.17) is 4.74 Å². The van der Waals surface area contributed by atoms with Gasteiger partial charge in [0.2, 0.25) is 0 Å². The lowest BCUT2D eigenvalue weighted by atomic mass is 10.0. The fourth-order valence-electron chi connectivity index (χ4n) is 3.08. The number of carbonyl (C=O) groups is 2. The third-order valence-electron chi connectivity index (χ3n) is 4.54. The van der Waals surface area contributed by atoms with E-state index in [1.165, 1.54) is 18.4 Å². The standard InChI is InChI=1S/C23H17N3O4S/c1-30-23(29)21-17(11-12-31-21)25-26-18-13-14-7-5-6-10-16(14)19(20(18)27)22(28)24-15-8-3-2-4-9-15/h2-13,27H,1H3,(H,24,28)/b26-25+. The minimum Gasteiger partial charge on any atom is -0.505 e. The van der Waals surface area contributed by atoms with Crippen LogP contribution in [-0.4, -0.2) is 24.1 Å². The molecule has 1 heterocycles. The molecule has 4 rings (SSSR count). The molecule has 0 spiro atoms. The van der Waals surface area contributed by atoms with Crippen LogP contribution in [0.25, 0.3) is 10.8 Å². The maximum Gasteiger partial charge on any atom is 0.350 e. The number of aromatic hydroxyl groups is 1. The lowest BCUT2D eigenvalue weighted by Gasteiger charge is -2.12. The molecule has 0 aliphatic rings. The Hall–Kier alpha value is -4.04. The largest absolute Gasteiger partial charge is 0.505 e. The summed E-state index contributed by atoms with van der Waals surface area (Å²) < 4.78 is 4.74. The number of amides is 1. The predicted molar refractivity (Wildman–Crippen MR) is 120 cm³/mol. The molecule has 1 aromatic heterocycles. The molecule has 0 radical (unpaired) electrons. The number of methoxy groups -OCH3 is 1. The molecule has 1 amide bonds. The van der Waals surface area contributed by atoms with Gasteiger partial charge in [-0.05, 0) is 40.4 Å². The van der Waals surface area contributed by atoms with Gasteiger partial charge < -0.3 is 15.2 Å². The average molecular weight is 431 g/mol. The normalized spacial score (nSPS) is 11.0. The van der Waals surface area contributed by atoms with E-state index in [1.807, 2.05) is 18.2 Å². The highest BCUT2D eigenvalue weighted by Crippen LogP contribution is 2.38. The second-order valence-corrected chi connectivity index (χ2v) is 7.40. The Morgan fingerprint density at radius 1 is 0.968 bits per heavy atom. The van der Waals surface area contributed by atoms with Crippen LogP contribution < -0.4 is 5.32 Å². The number of nitrogens with zero attached hydrogens (tertiary/aromatic N) is 2. The number of phenolic OH excluding ortho intramolecular Hbond substituents is 1. The highest BCUT2D eigenvalue weighted by Gasteiger charge is 2.20. The summed E-state index contributed by atoms with van der Waals surface area (Å²) in [6, 6.07) is 19.4. The first-order valence-corrected chi connectivity index (χ1v) is 10.1. The van der Waals surface area contributed by atoms with Crippen LogP contribution in [0.2, 0.25) is 0 Å². The van der Waals surface area contributed by atoms with Crippen molar-refractivity contribution in [1.82, 2.24) is 0 Å². The molecular formula is C23H17N3O4S. The van der Waals surface area contributed by atoms with Crippen molar-refractivity contribution in [3.05, 3.63) is 82.6 Å². The molecule has 2 N–H and O–H groups in total. The summed E-state index contributed by atoms with van der Waals surface area (Å²) in [7, 11) is 1.29. The Labute approximate surface area is 181 Å². The molecule has 154 valence electrons. The number of phenols is 1. The summed E-state index contributed by atoms with van der Waals surface area (Å²) in [6.07, 6.45) is 0. The van der Waals surface area contributed by atoms with Gasteiger partial charge >= 0.3 is 5.97 Å². The molecule has 31 heavy (non-hydrogen) atoms. The van der Waals surface area contributed by atoms with Gasteiger partial charge in [-0.15, -0.1) is 21.6 Å². The molecule has 3 aromatic carbocycles. The summed E-state index contributed by atoms with van der Waals surface area (Å²) in [5, 5.41) is 24.9. The van der Waals surface area contributed by atoms with E-state index >= 15 is 0 Å². The number of carbonyl (C=O) groups excluding carboxylic acids is 2. The van der Waals surface area contributed by atoms with Gasteiger partial charge in [0.1, 0.15) is 16.3 Å². The zero-order valence-electron chi connectivity index (χ0n) is 16.4. The van der Waals surface area contributed by atoms with Gasteiger partial charge in [0.25, 0.3) is 5.91 Å². The van der Waals surface area contributed by atoms with Crippen LogP contribution in [0, 0.1) is 0 Å². The topological polar surface area (TPSA) is 100 Å². The van der Waals surface area contributed by atoms with E-state index < -0.39 is 11.9 Å². The van der Waals surface area contributed by atoms with Crippen LogP contribution in [0.5, 0.6) is 5.75 Å². The van der Waals surface area contributed by atoms with Crippen LogP contribution in [0.4, 0.5) is 17.1 Å². The van der Waals surface area contributed by atoms with Crippen molar-refractivity contribution in [3.8, 4) is 5.75 Å². The van der Waals surface area contributed by atoms with Gasteiger partial charge in [-0.3, -0.25) is 4.79 Å². The lowest BCUT2D eigenvalue weighted by Crippen LogP contribution is -2.12. The molecule has 0 aliphatic carbocycles. The number of azo groups is 1. The predicted octanol–water partition coefficient (Wildman–Crippen LogP) is 6.06. The van der Waals surface area contributed by atoms with Gasteiger partial charge in [0.15, 0.2) is 5.75 Å². The molecule has 0 saturated heterocycles. The molecule has 0 atom stereocenters. The van der Waals surface area contributed by atoms with E-state index in [0.717, 1.165) is 0 Å². The molecule has 4 aromatic rings. The van der Waals surface area contributed by atoms with Crippen LogP contribution in [-0.2, 0) is 4.74 Å². The summed E-state index contributed by atoms with van der Waals surface area (Å²) >= 11 is 1.18. The van der Waals surface area contributed by atoms with Crippen LogP contribution in [0.1, 0.15) is 20.0 Å². The Balaban J connectivity index is 1.77. The van der Waals surface area contributed by atoms with Crippen molar-refractivity contribution in [1.29, 1.82) is 0 Å². The monoisotopic (exact) mass is 431 g/mol. The first-order valence-electron chi connectivity index (χ1n) is 9.27. The number of anilines is 1. The number of hydrogen-bond donors (Lipinski definition) is 2. The minimum absolute atomic E-state index is 0.0920. The van der Waals surface area contributed by atoms with E-state index in [2.05, 4.69) is 15.5 Å². The molecule has 7 nitrogen and oxygen atoms in total. The Morgan fingerprint density at radius 2 is 1.68 bits per heavy atom. The third-order valence-corrected chi connectivity index (χ3v) is 5.42. The van der Waals surface area contributed by atoms with Crippen LogP contribution in [0.15, 0.2) is 82.3 Å². The number of para-hydroxylation sites is 1. The fraction of sp³-hybridized carbons (Fsp3) is 0.0435. The summed E-state index contributed by atoms with van der Waals surface area (Å²) in [6.45, 7) is 0. The van der Waals surface area contributed by atoms with Gasteiger partial charge in [-0.1, -0.05) is 42.5 Å². The summed E-state index contributed by atoms with van der Waals surface area (Å²) in [4.78, 5) is 25.2. The molecule has 0 fully saturated rings. The number of thiophene rings is 1. The minimum atomic E-state index is -0.519. The smallest absolute Gasteiger partial charge is 0.350 e. The maximum absolute atomic E-state index is 13.0. The molecule has 0 saturated carbocycles. The first-order chi connectivity index (χ1) is 15.1. The zero-order chi connectivity index (χ0) is 21.8. The third kappa shape index (κ3) is 4.15. The van der Waals surface area contributed by atoms with E-state index in [-0.39, 0.29) is 17.0 Å². The van der Waals surface area contributed by atoms with Crippen molar-refractivity contribution < 1.29 is 19.4 Å². The fourth-order valence-corrected chi connectivity index (χ4v) is 3.82. The van der Waals surface area contributed by atoms with Gasteiger partial charge in [-0.25, -0.2) is 4.79 Å². The van der Waals surface area contributed by atoms with Gasteiger partial charge in [0.05, 0.1) is 12.7 Å². The maximum atomic E-state index is 13.0.